The Morgan fingerprint density at radius 1 is 1.00 bits per heavy atom. The van der Waals surface area contributed by atoms with Gasteiger partial charge in [-0.05, 0) is 32.1 Å². The Labute approximate surface area is 170 Å². The van der Waals surface area contributed by atoms with E-state index in [-0.39, 0.29) is 36.6 Å². The van der Waals surface area contributed by atoms with Crippen molar-refractivity contribution in [3.63, 3.8) is 0 Å². The molecule has 28 heavy (non-hydrogen) atoms. The van der Waals surface area contributed by atoms with Gasteiger partial charge in [-0.25, -0.2) is 0 Å². The second-order valence-corrected chi connectivity index (χ2v) is 15.3. The molecule has 4 aliphatic rings. The number of ether oxygens (including phenoxy) is 4. The van der Waals surface area contributed by atoms with Crippen molar-refractivity contribution in [1.29, 1.82) is 0 Å². The lowest BCUT2D eigenvalue weighted by Crippen LogP contribution is -2.62. The molecule has 0 amide bonds. The van der Waals surface area contributed by atoms with Crippen LogP contribution >= 0.6 is 0 Å². The topological polar surface area (TPSA) is 57.2 Å². The summed E-state index contributed by atoms with van der Waals surface area (Å²) in [6, 6.07) is 0. The maximum Gasteiger partial charge on any atom is 0.169 e. The SMILES string of the molecule is CC[C@H]1CC[C@@H]2O[C@@H](C(O)C=C[Si](C)(C)C)C3OC4(CCCCC4)O[C@H]3[C@H]2O1. The predicted molar refractivity (Wildman–Crippen MR) is 111 cm³/mol. The zero-order valence-electron chi connectivity index (χ0n) is 17.9. The Kier molecular flexibility index (Phi) is 6.09. The second-order valence-electron chi connectivity index (χ2n) is 10.2. The van der Waals surface area contributed by atoms with Gasteiger partial charge in [0.15, 0.2) is 5.79 Å². The molecular formula is C22H38O5Si. The Bertz CT molecular complexity index is 568. The number of hydrogen-bond donors (Lipinski definition) is 1. The third kappa shape index (κ3) is 4.28. The highest BCUT2D eigenvalue weighted by atomic mass is 28.3. The lowest BCUT2D eigenvalue weighted by atomic mass is 9.87. The van der Waals surface area contributed by atoms with Crippen molar-refractivity contribution < 1.29 is 24.1 Å². The minimum Gasteiger partial charge on any atom is -0.386 e. The van der Waals surface area contributed by atoms with Gasteiger partial charge in [0.1, 0.15) is 30.5 Å². The highest BCUT2D eigenvalue weighted by Crippen LogP contribution is 2.47. The molecule has 1 aliphatic carbocycles. The first-order valence-electron chi connectivity index (χ1n) is 11.3. The molecule has 1 spiro atoms. The molecule has 0 radical (unpaired) electrons. The van der Waals surface area contributed by atoms with Gasteiger partial charge in [0.2, 0.25) is 0 Å². The molecule has 6 heteroatoms. The molecule has 4 fully saturated rings. The molecule has 1 saturated carbocycles. The van der Waals surface area contributed by atoms with Crippen LogP contribution in [0.5, 0.6) is 0 Å². The van der Waals surface area contributed by atoms with Gasteiger partial charge in [0.05, 0.1) is 20.3 Å². The van der Waals surface area contributed by atoms with Crippen molar-refractivity contribution in [2.24, 2.45) is 0 Å². The van der Waals surface area contributed by atoms with E-state index in [9.17, 15) is 5.11 Å². The van der Waals surface area contributed by atoms with Crippen molar-refractivity contribution in [3.8, 4) is 0 Å². The Morgan fingerprint density at radius 3 is 2.39 bits per heavy atom. The summed E-state index contributed by atoms with van der Waals surface area (Å²) in [6.07, 6.45) is 8.97. The Hall–Kier alpha value is -0.243. The van der Waals surface area contributed by atoms with Gasteiger partial charge in [-0.2, -0.15) is 0 Å². The van der Waals surface area contributed by atoms with Gasteiger partial charge < -0.3 is 24.1 Å². The molecule has 0 bridgehead atoms. The van der Waals surface area contributed by atoms with Crippen LogP contribution in [0.3, 0.4) is 0 Å². The molecule has 2 unspecified atom stereocenters. The van der Waals surface area contributed by atoms with Crippen LogP contribution in [0.4, 0.5) is 0 Å². The van der Waals surface area contributed by atoms with Crippen molar-refractivity contribution in [2.45, 2.75) is 126 Å². The molecule has 1 N–H and O–H groups in total. The van der Waals surface area contributed by atoms with Crippen molar-refractivity contribution in [2.75, 3.05) is 0 Å². The molecule has 5 nitrogen and oxygen atoms in total. The maximum absolute atomic E-state index is 11.0. The average Bonchev–Trinajstić information content (AvgIpc) is 3.03. The van der Waals surface area contributed by atoms with E-state index >= 15 is 0 Å². The highest BCUT2D eigenvalue weighted by Gasteiger charge is 2.60. The molecular weight excluding hydrogens is 372 g/mol. The van der Waals surface area contributed by atoms with Gasteiger partial charge in [-0.15, -0.1) is 0 Å². The fourth-order valence-electron chi connectivity index (χ4n) is 5.17. The van der Waals surface area contributed by atoms with Crippen molar-refractivity contribution >= 4 is 8.07 Å². The van der Waals surface area contributed by atoms with E-state index in [0.29, 0.717) is 0 Å². The molecule has 4 rings (SSSR count). The van der Waals surface area contributed by atoms with E-state index in [1.807, 2.05) is 6.08 Å². The van der Waals surface area contributed by atoms with Crippen LogP contribution in [0.2, 0.25) is 19.6 Å². The smallest absolute Gasteiger partial charge is 0.169 e. The van der Waals surface area contributed by atoms with Gasteiger partial charge in [-0.3, -0.25) is 0 Å². The molecule has 7 atom stereocenters. The lowest BCUT2D eigenvalue weighted by molar-refractivity contribution is -0.249. The molecule has 0 aromatic rings. The van der Waals surface area contributed by atoms with Crippen LogP contribution in [0.1, 0.15) is 58.3 Å². The van der Waals surface area contributed by atoms with E-state index in [1.54, 1.807) is 0 Å². The Balaban J connectivity index is 1.57. The second kappa shape index (κ2) is 8.12. The van der Waals surface area contributed by atoms with E-state index in [2.05, 4.69) is 32.3 Å². The first kappa shape index (κ1) is 21.0. The summed E-state index contributed by atoms with van der Waals surface area (Å²) >= 11 is 0. The maximum atomic E-state index is 11.0. The first-order valence-corrected chi connectivity index (χ1v) is 14.9. The summed E-state index contributed by atoms with van der Waals surface area (Å²) in [4.78, 5) is 0. The van der Waals surface area contributed by atoms with Crippen LogP contribution in [-0.2, 0) is 18.9 Å². The van der Waals surface area contributed by atoms with Gasteiger partial charge in [0.25, 0.3) is 0 Å². The molecule has 160 valence electrons. The number of fused-ring (bicyclic) bond motifs is 3. The van der Waals surface area contributed by atoms with Gasteiger partial charge in [-0.1, -0.05) is 44.8 Å². The van der Waals surface area contributed by atoms with Crippen molar-refractivity contribution in [1.82, 2.24) is 0 Å². The lowest BCUT2D eigenvalue weighted by Gasteiger charge is -2.47. The van der Waals surface area contributed by atoms with Crippen LogP contribution < -0.4 is 0 Å². The van der Waals surface area contributed by atoms with E-state index < -0.39 is 20.0 Å². The number of aliphatic hydroxyl groups excluding tert-OH is 1. The predicted octanol–water partition coefficient (Wildman–Crippen LogP) is 3.95. The standard InChI is InChI=1S/C22H38O5Si/c1-5-15-9-10-17-19(24-15)21-20(26-22(27-21)12-7-6-8-13-22)18(25-17)16(23)11-14-28(2,3)4/h11,14-21,23H,5-10,12-13H2,1-4H3/t15-,16?,17-,18-,19-,20?,21-/m0/s1. The summed E-state index contributed by atoms with van der Waals surface area (Å²) in [5.74, 6) is -0.505. The molecule has 3 saturated heterocycles. The third-order valence-electron chi connectivity index (χ3n) is 6.69. The zero-order chi connectivity index (χ0) is 19.9. The fraction of sp³-hybridized carbons (Fsp3) is 0.909. The fourth-order valence-corrected chi connectivity index (χ4v) is 5.94. The van der Waals surface area contributed by atoms with E-state index in [1.165, 1.54) is 6.42 Å². The highest BCUT2D eigenvalue weighted by molar-refractivity contribution is 6.80. The van der Waals surface area contributed by atoms with Gasteiger partial charge >= 0.3 is 0 Å². The van der Waals surface area contributed by atoms with Crippen LogP contribution in [-0.4, -0.2) is 61.7 Å². The zero-order valence-corrected chi connectivity index (χ0v) is 18.9. The van der Waals surface area contributed by atoms with Crippen LogP contribution in [0.25, 0.3) is 0 Å². The van der Waals surface area contributed by atoms with Gasteiger partial charge in [0, 0.05) is 12.8 Å². The summed E-state index contributed by atoms with van der Waals surface area (Å²) in [5.41, 5.74) is 2.19. The van der Waals surface area contributed by atoms with E-state index in [0.717, 1.165) is 44.9 Å². The Morgan fingerprint density at radius 2 is 1.71 bits per heavy atom. The molecule has 3 aliphatic heterocycles. The number of hydrogen-bond acceptors (Lipinski definition) is 5. The molecule has 0 aromatic carbocycles. The molecule has 0 aromatic heterocycles. The quantitative estimate of drug-likeness (QED) is 0.711. The number of rotatable bonds is 4. The first-order chi connectivity index (χ1) is 13.3. The minimum atomic E-state index is -1.40. The third-order valence-corrected chi connectivity index (χ3v) is 7.89. The van der Waals surface area contributed by atoms with E-state index in [4.69, 9.17) is 18.9 Å². The number of aliphatic hydroxyl groups is 1. The summed E-state index contributed by atoms with van der Waals surface area (Å²) in [6.45, 7) is 8.98. The summed E-state index contributed by atoms with van der Waals surface area (Å²) in [7, 11) is -1.40. The molecule has 3 heterocycles. The van der Waals surface area contributed by atoms with Crippen LogP contribution in [0.15, 0.2) is 11.8 Å². The average molecular weight is 411 g/mol. The largest absolute Gasteiger partial charge is 0.386 e. The summed E-state index contributed by atoms with van der Waals surface area (Å²) < 4.78 is 26.0. The monoisotopic (exact) mass is 410 g/mol. The minimum absolute atomic E-state index is 0.0219. The van der Waals surface area contributed by atoms with Crippen molar-refractivity contribution in [3.05, 3.63) is 11.8 Å². The van der Waals surface area contributed by atoms with Crippen LogP contribution in [0, 0.1) is 0 Å². The normalized spacial score (nSPS) is 41.8. The summed E-state index contributed by atoms with van der Waals surface area (Å²) in [5, 5.41) is 11.0.